The molecule has 0 radical (unpaired) electrons. The molecule has 0 saturated heterocycles. The predicted octanol–water partition coefficient (Wildman–Crippen LogP) is 3.17. The minimum absolute atomic E-state index is 0.227. The molecule has 9 heteroatoms. The summed E-state index contributed by atoms with van der Waals surface area (Å²) >= 11 is 1.16. The molecule has 7 nitrogen and oxygen atoms in total. The predicted molar refractivity (Wildman–Crippen MR) is 116 cm³/mol. The van der Waals surface area contributed by atoms with Gasteiger partial charge in [-0.2, -0.15) is 5.26 Å². The SMILES string of the molecule is Cc1cc(-n2c(=O)c3sccc3n(CC(=O)Nc3ccc(C#N)cc3)c2=O)ccc1F. The fourth-order valence-corrected chi connectivity index (χ4v) is 4.03. The summed E-state index contributed by atoms with van der Waals surface area (Å²) in [7, 11) is 0. The normalized spacial score (nSPS) is 10.7. The van der Waals surface area contributed by atoms with Gasteiger partial charge in [-0.1, -0.05) is 0 Å². The third-order valence-electron chi connectivity index (χ3n) is 4.75. The Balaban J connectivity index is 1.77. The Kier molecular flexibility index (Phi) is 5.23. The first-order valence-corrected chi connectivity index (χ1v) is 10.1. The minimum atomic E-state index is -0.697. The van der Waals surface area contributed by atoms with Gasteiger partial charge in [0.05, 0.1) is 22.8 Å². The number of thiophene rings is 1. The van der Waals surface area contributed by atoms with E-state index in [1.165, 1.54) is 29.7 Å². The zero-order chi connectivity index (χ0) is 22.1. The molecule has 0 spiro atoms. The van der Waals surface area contributed by atoms with Crippen molar-refractivity contribution in [2.24, 2.45) is 0 Å². The highest BCUT2D eigenvalue weighted by atomic mass is 32.1. The minimum Gasteiger partial charge on any atom is -0.325 e. The average molecular weight is 434 g/mol. The van der Waals surface area contributed by atoms with E-state index in [4.69, 9.17) is 5.26 Å². The highest BCUT2D eigenvalue weighted by molar-refractivity contribution is 7.17. The summed E-state index contributed by atoms with van der Waals surface area (Å²) < 4.78 is 16.2. The van der Waals surface area contributed by atoms with Crippen LogP contribution in [0.3, 0.4) is 0 Å². The van der Waals surface area contributed by atoms with Crippen molar-refractivity contribution < 1.29 is 9.18 Å². The second-order valence-electron chi connectivity index (χ2n) is 6.82. The van der Waals surface area contributed by atoms with Crippen LogP contribution < -0.4 is 16.6 Å². The van der Waals surface area contributed by atoms with Gasteiger partial charge in [0.1, 0.15) is 17.1 Å². The smallest absolute Gasteiger partial charge is 0.325 e. The summed E-state index contributed by atoms with van der Waals surface area (Å²) in [6, 6.07) is 13.9. The van der Waals surface area contributed by atoms with Gasteiger partial charge in [0, 0.05) is 5.69 Å². The Morgan fingerprint density at radius 2 is 1.90 bits per heavy atom. The first kappa shape index (κ1) is 20.3. The van der Waals surface area contributed by atoms with Gasteiger partial charge in [0.15, 0.2) is 0 Å². The molecule has 0 atom stereocenters. The van der Waals surface area contributed by atoms with Gasteiger partial charge >= 0.3 is 5.69 Å². The van der Waals surface area contributed by atoms with E-state index in [-0.39, 0.29) is 12.2 Å². The molecule has 2 heterocycles. The number of carbonyl (C=O) groups is 1. The molecule has 2 aromatic carbocycles. The molecule has 31 heavy (non-hydrogen) atoms. The lowest BCUT2D eigenvalue weighted by atomic mass is 10.2. The number of fused-ring (bicyclic) bond motifs is 1. The standard InChI is InChI=1S/C22H15FN4O3S/c1-13-10-16(6-7-17(13)23)27-21(29)20-18(8-9-31-20)26(22(27)30)12-19(28)25-15-4-2-14(11-24)3-5-15/h2-10H,12H2,1H3,(H,25,28). The van der Waals surface area contributed by atoms with Gasteiger partial charge in [0.2, 0.25) is 5.91 Å². The van der Waals surface area contributed by atoms with Crippen LogP contribution in [0.1, 0.15) is 11.1 Å². The lowest BCUT2D eigenvalue weighted by molar-refractivity contribution is -0.116. The third kappa shape index (κ3) is 3.76. The second-order valence-corrected chi connectivity index (χ2v) is 7.73. The summed E-state index contributed by atoms with van der Waals surface area (Å²) in [5, 5.41) is 13.2. The van der Waals surface area contributed by atoms with Crippen molar-refractivity contribution in [2.75, 3.05) is 5.32 Å². The first-order valence-electron chi connectivity index (χ1n) is 9.18. The van der Waals surface area contributed by atoms with Crippen LogP contribution in [-0.2, 0) is 11.3 Å². The lowest BCUT2D eigenvalue weighted by Gasteiger charge is -2.13. The summed E-state index contributed by atoms with van der Waals surface area (Å²) in [6.45, 7) is 1.21. The van der Waals surface area contributed by atoms with Crippen LogP contribution in [-0.4, -0.2) is 15.0 Å². The number of carbonyl (C=O) groups excluding carboxylic acids is 1. The number of nitrogens with zero attached hydrogens (tertiary/aromatic N) is 3. The van der Waals surface area contributed by atoms with Gasteiger partial charge in [0.25, 0.3) is 5.56 Å². The van der Waals surface area contributed by atoms with Crippen molar-refractivity contribution in [3.8, 4) is 11.8 Å². The number of aryl methyl sites for hydroxylation is 1. The van der Waals surface area contributed by atoms with Crippen molar-refractivity contribution in [1.29, 1.82) is 5.26 Å². The monoisotopic (exact) mass is 434 g/mol. The molecule has 0 bridgehead atoms. The zero-order valence-corrected chi connectivity index (χ0v) is 17.1. The fourth-order valence-electron chi connectivity index (χ4n) is 3.21. The van der Waals surface area contributed by atoms with Gasteiger partial charge < -0.3 is 5.32 Å². The first-order chi connectivity index (χ1) is 14.9. The van der Waals surface area contributed by atoms with E-state index in [1.807, 2.05) is 6.07 Å². The number of amides is 1. The Labute approximate surface area is 179 Å². The second kappa shape index (κ2) is 8.01. The number of aromatic nitrogens is 2. The van der Waals surface area contributed by atoms with E-state index in [0.717, 1.165) is 15.9 Å². The molecule has 0 aliphatic rings. The van der Waals surface area contributed by atoms with E-state index in [0.29, 0.717) is 27.0 Å². The molecule has 0 fully saturated rings. The topological polar surface area (TPSA) is 96.9 Å². The highest BCUT2D eigenvalue weighted by Crippen LogP contribution is 2.18. The van der Waals surface area contributed by atoms with Crippen molar-refractivity contribution in [3.63, 3.8) is 0 Å². The molecule has 4 aromatic rings. The van der Waals surface area contributed by atoms with E-state index < -0.39 is 23.0 Å². The number of nitriles is 1. The Bertz CT molecular complexity index is 1480. The maximum atomic E-state index is 13.7. The lowest BCUT2D eigenvalue weighted by Crippen LogP contribution is -2.40. The van der Waals surface area contributed by atoms with Gasteiger partial charge in [-0.15, -0.1) is 11.3 Å². The molecule has 1 amide bonds. The van der Waals surface area contributed by atoms with E-state index in [1.54, 1.807) is 35.7 Å². The number of halogens is 1. The molecular weight excluding hydrogens is 419 g/mol. The Morgan fingerprint density at radius 1 is 1.16 bits per heavy atom. The quantitative estimate of drug-likeness (QED) is 0.534. The van der Waals surface area contributed by atoms with Crippen molar-refractivity contribution in [2.45, 2.75) is 13.5 Å². The molecule has 4 rings (SSSR count). The molecular formula is C22H15FN4O3S. The van der Waals surface area contributed by atoms with Crippen LogP contribution in [0.15, 0.2) is 63.5 Å². The summed E-state index contributed by atoms with van der Waals surface area (Å²) in [5.41, 5.74) is 0.578. The molecule has 2 aromatic heterocycles. The van der Waals surface area contributed by atoms with Crippen molar-refractivity contribution >= 4 is 33.1 Å². The Hall–Kier alpha value is -4.03. The molecule has 0 aliphatic carbocycles. The fraction of sp³-hybridized carbons (Fsp3) is 0.0909. The van der Waals surface area contributed by atoms with E-state index in [2.05, 4.69) is 5.32 Å². The molecule has 154 valence electrons. The summed E-state index contributed by atoms with van der Waals surface area (Å²) in [4.78, 5) is 38.7. The molecule has 0 saturated carbocycles. The van der Waals surface area contributed by atoms with Crippen molar-refractivity contribution in [1.82, 2.24) is 9.13 Å². The number of benzene rings is 2. The average Bonchev–Trinajstić information content (AvgIpc) is 3.24. The number of rotatable bonds is 4. The molecule has 0 unspecified atom stereocenters. The van der Waals surface area contributed by atoms with Crippen LogP contribution in [0.2, 0.25) is 0 Å². The third-order valence-corrected chi connectivity index (χ3v) is 5.65. The van der Waals surface area contributed by atoms with Crippen LogP contribution in [0.4, 0.5) is 10.1 Å². The number of hydrogen-bond acceptors (Lipinski definition) is 5. The Morgan fingerprint density at radius 3 is 2.58 bits per heavy atom. The van der Waals surface area contributed by atoms with Gasteiger partial charge in [-0.25, -0.2) is 13.8 Å². The zero-order valence-electron chi connectivity index (χ0n) is 16.3. The van der Waals surface area contributed by atoms with Crippen LogP contribution in [0, 0.1) is 24.1 Å². The van der Waals surface area contributed by atoms with Crippen LogP contribution >= 0.6 is 11.3 Å². The highest BCUT2D eigenvalue weighted by Gasteiger charge is 2.18. The number of hydrogen-bond donors (Lipinski definition) is 1. The summed E-state index contributed by atoms with van der Waals surface area (Å²) in [5.74, 6) is -0.920. The number of anilines is 1. The van der Waals surface area contributed by atoms with E-state index in [9.17, 15) is 18.8 Å². The van der Waals surface area contributed by atoms with E-state index >= 15 is 0 Å². The van der Waals surface area contributed by atoms with Crippen LogP contribution in [0.25, 0.3) is 15.9 Å². The molecule has 0 aliphatic heterocycles. The van der Waals surface area contributed by atoms with Crippen LogP contribution in [0.5, 0.6) is 0 Å². The molecule has 1 N–H and O–H groups in total. The van der Waals surface area contributed by atoms with Gasteiger partial charge in [-0.3, -0.25) is 14.2 Å². The summed E-state index contributed by atoms with van der Waals surface area (Å²) in [6.07, 6.45) is 0. The largest absolute Gasteiger partial charge is 0.336 e. The maximum absolute atomic E-state index is 13.7. The number of nitrogens with one attached hydrogen (secondary N) is 1. The van der Waals surface area contributed by atoms with Crippen molar-refractivity contribution in [3.05, 3.63) is 91.7 Å². The van der Waals surface area contributed by atoms with Gasteiger partial charge in [-0.05, 0) is 66.4 Å². The maximum Gasteiger partial charge on any atom is 0.336 e.